The second-order valence-corrected chi connectivity index (χ2v) is 5.21. The number of rotatable bonds is 8. The lowest BCUT2D eigenvalue weighted by Crippen LogP contribution is -2.40. The molecule has 0 saturated heterocycles. The van der Waals surface area contributed by atoms with Gasteiger partial charge in [0.1, 0.15) is 6.04 Å². The summed E-state index contributed by atoms with van der Waals surface area (Å²) < 4.78 is 0. The summed E-state index contributed by atoms with van der Waals surface area (Å²) in [5.74, 6) is -1.55. The lowest BCUT2D eigenvalue weighted by atomic mass is 10.2. The Labute approximate surface area is 132 Å². The summed E-state index contributed by atoms with van der Waals surface area (Å²) in [6.07, 6.45) is 0.424. The van der Waals surface area contributed by atoms with Crippen LogP contribution in [0.1, 0.15) is 12.8 Å². The minimum atomic E-state index is -1.09. The summed E-state index contributed by atoms with van der Waals surface area (Å²) in [5.41, 5.74) is 5.72. The normalized spacial score (nSPS) is 12.0. The molecule has 8 heteroatoms. The van der Waals surface area contributed by atoms with Gasteiger partial charge in [-0.25, -0.2) is 0 Å². The first-order chi connectivity index (χ1) is 9.93. The van der Waals surface area contributed by atoms with Crippen molar-refractivity contribution in [3.05, 3.63) is 28.2 Å². The Kier molecular flexibility index (Phi) is 7.45. The zero-order valence-corrected chi connectivity index (χ0v) is 12.7. The molecular weight excluding hydrogens is 317 g/mol. The molecule has 0 radical (unpaired) electrons. The molecule has 1 atom stereocenters. The number of hydrogen-bond donors (Lipinski definition) is 4. The molecule has 0 bridgehead atoms. The first-order valence-electron chi connectivity index (χ1n) is 6.35. The van der Waals surface area contributed by atoms with E-state index in [1.807, 2.05) is 0 Å². The third kappa shape index (κ3) is 6.31. The number of aliphatic carboxylic acids is 1. The monoisotopic (exact) mass is 333 g/mol. The van der Waals surface area contributed by atoms with E-state index in [1.165, 1.54) is 6.07 Å². The SMILES string of the molecule is NCCCN[C@@H](CC(=O)Nc1ccc(Cl)cc1Cl)C(=O)O. The minimum Gasteiger partial charge on any atom is -0.480 e. The molecule has 0 saturated carbocycles. The minimum absolute atomic E-state index is 0.209. The third-order valence-corrected chi connectivity index (χ3v) is 3.21. The summed E-state index contributed by atoms with van der Waals surface area (Å²) >= 11 is 11.7. The number of hydrogen-bond acceptors (Lipinski definition) is 4. The van der Waals surface area contributed by atoms with Gasteiger partial charge in [0.25, 0.3) is 0 Å². The molecule has 0 aliphatic rings. The predicted octanol–water partition coefficient (Wildman–Crippen LogP) is 1.71. The number of carboxylic acid groups (broad SMARTS) is 1. The van der Waals surface area contributed by atoms with E-state index in [0.717, 1.165) is 0 Å². The number of carbonyl (C=O) groups is 2. The molecule has 1 rings (SSSR count). The first-order valence-corrected chi connectivity index (χ1v) is 7.10. The Morgan fingerprint density at radius 2 is 2.05 bits per heavy atom. The van der Waals surface area contributed by atoms with Crippen molar-refractivity contribution in [3.63, 3.8) is 0 Å². The first kappa shape index (κ1) is 17.7. The van der Waals surface area contributed by atoms with Gasteiger partial charge in [-0.1, -0.05) is 23.2 Å². The van der Waals surface area contributed by atoms with Gasteiger partial charge in [0.15, 0.2) is 0 Å². The maximum absolute atomic E-state index is 11.9. The number of anilines is 1. The Morgan fingerprint density at radius 1 is 1.33 bits per heavy atom. The average molecular weight is 334 g/mol. The van der Waals surface area contributed by atoms with Gasteiger partial charge in [-0.3, -0.25) is 9.59 Å². The number of nitrogens with two attached hydrogens (primary N) is 1. The van der Waals surface area contributed by atoms with Crippen LogP contribution in [0.2, 0.25) is 10.0 Å². The largest absolute Gasteiger partial charge is 0.480 e. The van der Waals surface area contributed by atoms with Gasteiger partial charge in [-0.05, 0) is 37.7 Å². The number of carbonyl (C=O) groups excluding carboxylic acids is 1. The maximum Gasteiger partial charge on any atom is 0.321 e. The fraction of sp³-hybridized carbons (Fsp3) is 0.385. The van der Waals surface area contributed by atoms with Crippen molar-refractivity contribution < 1.29 is 14.7 Å². The van der Waals surface area contributed by atoms with E-state index in [4.69, 9.17) is 34.0 Å². The fourth-order valence-corrected chi connectivity index (χ4v) is 2.06. The molecular formula is C13H17Cl2N3O3. The summed E-state index contributed by atoms with van der Waals surface area (Å²) in [5, 5.41) is 15.1. The van der Waals surface area contributed by atoms with Crippen LogP contribution < -0.4 is 16.4 Å². The number of halogens is 2. The van der Waals surface area contributed by atoms with Crippen LogP contribution in [-0.2, 0) is 9.59 Å². The molecule has 116 valence electrons. The lowest BCUT2D eigenvalue weighted by molar-refractivity contribution is -0.141. The Hall–Kier alpha value is -1.34. The van der Waals surface area contributed by atoms with Gasteiger partial charge in [-0.2, -0.15) is 0 Å². The standard InChI is InChI=1S/C13H17Cl2N3O3/c14-8-2-3-10(9(15)6-8)18-12(19)7-11(13(20)21)17-5-1-4-16/h2-3,6,11,17H,1,4-5,7,16H2,(H,18,19)(H,20,21)/t11-/m0/s1. The van der Waals surface area contributed by atoms with E-state index < -0.39 is 17.9 Å². The lowest BCUT2D eigenvalue weighted by Gasteiger charge is -2.14. The van der Waals surface area contributed by atoms with Crippen LogP contribution >= 0.6 is 23.2 Å². The van der Waals surface area contributed by atoms with E-state index in [1.54, 1.807) is 12.1 Å². The molecule has 6 nitrogen and oxygen atoms in total. The molecule has 5 N–H and O–H groups in total. The quantitative estimate of drug-likeness (QED) is 0.542. The molecule has 1 aromatic carbocycles. The Bertz CT molecular complexity index is 511. The van der Waals surface area contributed by atoms with Gasteiger partial charge in [0.05, 0.1) is 17.1 Å². The highest BCUT2D eigenvalue weighted by Gasteiger charge is 2.20. The molecule has 0 heterocycles. The van der Waals surface area contributed by atoms with Gasteiger partial charge < -0.3 is 21.5 Å². The molecule has 0 aliphatic heterocycles. The van der Waals surface area contributed by atoms with Crippen LogP contribution in [0, 0.1) is 0 Å². The average Bonchev–Trinajstić information content (AvgIpc) is 2.41. The van der Waals surface area contributed by atoms with Crippen molar-refractivity contribution in [2.45, 2.75) is 18.9 Å². The smallest absolute Gasteiger partial charge is 0.321 e. The predicted molar refractivity (Wildman–Crippen MR) is 82.8 cm³/mol. The van der Waals surface area contributed by atoms with Crippen LogP contribution in [0.4, 0.5) is 5.69 Å². The number of nitrogens with one attached hydrogen (secondary N) is 2. The summed E-state index contributed by atoms with van der Waals surface area (Å²) in [4.78, 5) is 22.9. The molecule has 0 aromatic heterocycles. The number of amides is 1. The van der Waals surface area contributed by atoms with Gasteiger partial charge in [0.2, 0.25) is 5.91 Å². The van der Waals surface area contributed by atoms with Crippen LogP contribution in [0.3, 0.4) is 0 Å². The van der Waals surface area contributed by atoms with Crippen molar-refractivity contribution in [1.29, 1.82) is 0 Å². The summed E-state index contributed by atoms with van der Waals surface area (Å²) in [6, 6.07) is 3.66. The molecule has 0 unspecified atom stereocenters. The van der Waals surface area contributed by atoms with Crippen molar-refractivity contribution in [2.24, 2.45) is 5.73 Å². The van der Waals surface area contributed by atoms with E-state index in [9.17, 15) is 9.59 Å². The molecule has 1 amide bonds. The van der Waals surface area contributed by atoms with Crippen LogP contribution in [-0.4, -0.2) is 36.1 Å². The third-order valence-electron chi connectivity index (χ3n) is 2.66. The molecule has 1 aromatic rings. The van der Waals surface area contributed by atoms with Crippen molar-refractivity contribution in [3.8, 4) is 0 Å². The Morgan fingerprint density at radius 3 is 2.62 bits per heavy atom. The van der Waals surface area contributed by atoms with E-state index in [-0.39, 0.29) is 6.42 Å². The van der Waals surface area contributed by atoms with Gasteiger partial charge >= 0.3 is 5.97 Å². The second kappa shape index (κ2) is 8.84. The van der Waals surface area contributed by atoms with Crippen molar-refractivity contribution in [1.82, 2.24) is 5.32 Å². The fourth-order valence-electron chi connectivity index (χ4n) is 1.60. The van der Waals surface area contributed by atoms with Crippen LogP contribution in [0.5, 0.6) is 0 Å². The van der Waals surface area contributed by atoms with Crippen LogP contribution in [0.15, 0.2) is 18.2 Å². The topological polar surface area (TPSA) is 104 Å². The van der Waals surface area contributed by atoms with Gasteiger partial charge in [-0.15, -0.1) is 0 Å². The van der Waals surface area contributed by atoms with E-state index >= 15 is 0 Å². The molecule has 0 aliphatic carbocycles. The Balaban J connectivity index is 2.59. The van der Waals surface area contributed by atoms with E-state index in [0.29, 0.717) is 35.2 Å². The highest BCUT2D eigenvalue weighted by Crippen LogP contribution is 2.25. The summed E-state index contributed by atoms with van der Waals surface area (Å²) in [6.45, 7) is 0.883. The van der Waals surface area contributed by atoms with Crippen molar-refractivity contribution in [2.75, 3.05) is 18.4 Å². The highest BCUT2D eigenvalue weighted by atomic mass is 35.5. The number of benzene rings is 1. The van der Waals surface area contributed by atoms with Crippen LogP contribution in [0.25, 0.3) is 0 Å². The van der Waals surface area contributed by atoms with E-state index in [2.05, 4.69) is 10.6 Å². The maximum atomic E-state index is 11.9. The molecule has 0 spiro atoms. The highest BCUT2D eigenvalue weighted by molar-refractivity contribution is 6.36. The molecule has 21 heavy (non-hydrogen) atoms. The van der Waals surface area contributed by atoms with Crippen molar-refractivity contribution >= 4 is 40.8 Å². The van der Waals surface area contributed by atoms with Gasteiger partial charge in [0, 0.05) is 5.02 Å². The molecule has 0 fully saturated rings. The zero-order valence-electron chi connectivity index (χ0n) is 11.2. The summed E-state index contributed by atoms with van der Waals surface area (Å²) in [7, 11) is 0. The number of carboxylic acids is 1. The zero-order chi connectivity index (χ0) is 15.8. The second-order valence-electron chi connectivity index (χ2n) is 4.36.